The van der Waals surface area contributed by atoms with Crippen LogP contribution in [0, 0.1) is 0 Å². The van der Waals surface area contributed by atoms with Crippen LogP contribution in [-0.4, -0.2) is 13.4 Å². The fourth-order valence-corrected chi connectivity index (χ4v) is 2.65. The number of halogens is 4. The molecule has 27 heavy (non-hydrogen) atoms. The van der Waals surface area contributed by atoms with Crippen LogP contribution in [-0.2, 0) is 11.0 Å². The van der Waals surface area contributed by atoms with Crippen molar-refractivity contribution in [3.8, 4) is 5.75 Å². The second-order valence-electron chi connectivity index (χ2n) is 5.96. The first kappa shape index (κ1) is 20.8. The third kappa shape index (κ3) is 5.76. The van der Waals surface area contributed by atoms with E-state index in [9.17, 15) is 18.0 Å². The summed E-state index contributed by atoms with van der Waals surface area (Å²) in [6.45, 7) is 1.64. The van der Waals surface area contributed by atoms with E-state index in [2.05, 4.69) is 5.32 Å². The van der Waals surface area contributed by atoms with Crippen LogP contribution in [0.2, 0.25) is 5.02 Å². The maximum atomic E-state index is 13.5. The summed E-state index contributed by atoms with van der Waals surface area (Å²) in [5.41, 5.74) is 0.358. The Morgan fingerprint density at radius 1 is 1.22 bits per heavy atom. The van der Waals surface area contributed by atoms with E-state index < -0.39 is 17.8 Å². The summed E-state index contributed by atoms with van der Waals surface area (Å²) in [6, 6.07) is 10.1. The average molecular weight is 398 g/mol. The van der Waals surface area contributed by atoms with E-state index in [-0.39, 0.29) is 11.4 Å². The molecule has 0 aliphatic carbocycles. The van der Waals surface area contributed by atoms with Gasteiger partial charge in [0, 0.05) is 10.7 Å². The van der Waals surface area contributed by atoms with Crippen LogP contribution in [0.3, 0.4) is 0 Å². The largest absolute Gasteiger partial charge is 0.497 e. The van der Waals surface area contributed by atoms with Gasteiger partial charge in [-0.1, -0.05) is 29.8 Å². The summed E-state index contributed by atoms with van der Waals surface area (Å²) in [4.78, 5) is 10.8. The van der Waals surface area contributed by atoms with Gasteiger partial charge < -0.3 is 10.1 Å². The fraction of sp³-hybridized carbons (Fsp3) is 0.250. The molecule has 0 aliphatic rings. The molecule has 1 N–H and O–H groups in total. The summed E-state index contributed by atoms with van der Waals surface area (Å²) in [7, 11) is 1.31. The Hall–Kier alpha value is -2.47. The molecule has 0 aliphatic heterocycles. The van der Waals surface area contributed by atoms with Gasteiger partial charge in [-0.25, -0.2) is 0 Å². The Morgan fingerprint density at radius 3 is 2.44 bits per heavy atom. The molecular weight excluding hydrogens is 379 g/mol. The van der Waals surface area contributed by atoms with Gasteiger partial charge in [-0.15, -0.1) is 0 Å². The normalized spacial score (nSPS) is 13.2. The molecule has 2 rings (SSSR count). The molecule has 0 saturated heterocycles. The number of ether oxygens (including phenoxy) is 1. The Balaban J connectivity index is 2.42. The Kier molecular flexibility index (Phi) is 6.91. The zero-order chi connectivity index (χ0) is 20.0. The van der Waals surface area contributed by atoms with E-state index in [4.69, 9.17) is 16.3 Å². The minimum absolute atomic E-state index is 0.0691. The molecule has 1 unspecified atom stereocenters. The molecule has 0 saturated carbocycles. The van der Waals surface area contributed by atoms with Gasteiger partial charge in [-0.3, -0.25) is 4.79 Å². The number of hydrogen-bond acceptors (Lipinski definition) is 3. The van der Waals surface area contributed by atoms with Gasteiger partial charge in [0.15, 0.2) is 0 Å². The number of allylic oxidation sites excluding steroid dienone is 1. The molecule has 1 atom stereocenters. The van der Waals surface area contributed by atoms with E-state index in [1.807, 2.05) is 0 Å². The number of hydrogen-bond donors (Lipinski definition) is 1. The molecular formula is C20H19ClF3NO2. The lowest BCUT2D eigenvalue weighted by Crippen LogP contribution is -2.15. The number of rotatable bonds is 7. The van der Waals surface area contributed by atoms with Crippen molar-refractivity contribution in [2.24, 2.45) is 0 Å². The summed E-state index contributed by atoms with van der Waals surface area (Å²) in [5, 5.41) is 3.47. The van der Waals surface area contributed by atoms with Gasteiger partial charge in [0.2, 0.25) is 0 Å². The summed E-state index contributed by atoms with van der Waals surface area (Å²) in [6.07, 6.45) is -1.84. The third-order valence-corrected chi connectivity index (χ3v) is 4.25. The van der Waals surface area contributed by atoms with E-state index in [1.54, 1.807) is 37.3 Å². The van der Waals surface area contributed by atoms with E-state index >= 15 is 0 Å². The zero-order valence-corrected chi connectivity index (χ0v) is 15.6. The molecule has 144 valence electrons. The van der Waals surface area contributed by atoms with E-state index in [0.29, 0.717) is 23.3 Å². The predicted molar refractivity (Wildman–Crippen MR) is 100 cm³/mol. The van der Waals surface area contributed by atoms with Crippen molar-refractivity contribution >= 4 is 23.6 Å². The highest BCUT2D eigenvalue weighted by molar-refractivity contribution is 6.30. The van der Waals surface area contributed by atoms with Crippen LogP contribution in [0.5, 0.6) is 5.75 Å². The maximum Gasteiger partial charge on any atom is 0.418 e. The van der Waals surface area contributed by atoms with Crippen molar-refractivity contribution in [1.29, 1.82) is 0 Å². The number of alkyl halides is 3. The highest BCUT2D eigenvalue weighted by Gasteiger charge is 2.34. The lowest BCUT2D eigenvalue weighted by molar-refractivity contribution is -0.137. The van der Waals surface area contributed by atoms with Crippen molar-refractivity contribution in [3.05, 3.63) is 70.3 Å². The van der Waals surface area contributed by atoms with Crippen molar-refractivity contribution in [2.45, 2.75) is 25.6 Å². The predicted octanol–water partition coefficient (Wildman–Crippen LogP) is 6.06. The SMILES string of the molecule is COc1ccc(NC(C/C=C(\C)C=O)c2ccc(Cl)cc2)c(C(F)(F)F)c1. The first-order valence-electron chi connectivity index (χ1n) is 8.13. The van der Waals surface area contributed by atoms with Gasteiger partial charge in [0.05, 0.1) is 18.7 Å². The van der Waals surface area contributed by atoms with Gasteiger partial charge >= 0.3 is 6.18 Å². The Bertz CT molecular complexity index is 817. The number of methoxy groups -OCH3 is 1. The van der Waals surface area contributed by atoms with Gasteiger partial charge in [-0.05, 0) is 54.8 Å². The lowest BCUT2D eigenvalue weighted by atomic mass is 10.0. The van der Waals surface area contributed by atoms with Crippen LogP contribution < -0.4 is 10.1 Å². The number of nitrogens with one attached hydrogen (secondary N) is 1. The summed E-state index contributed by atoms with van der Waals surface area (Å²) in [5.74, 6) is 0.118. The molecule has 0 fully saturated rings. The smallest absolute Gasteiger partial charge is 0.418 e. The Labute approximate surface area is 160 Å². The summed E-state index contributed by atoms with van der Waals surface area (Å²) >= 11 is 5.90. The molecule has 2 aromatic rings. The highest BCUT2D eigenvalue weighted by Crippen LogP contribution is 2.39. The number of carbonyl (C=O) groups is 1. The number of benzene rings is 2. The van der Waals surface area contributed by atoms with Crippen LogP contribution in [0.1, 0.15) is 30.5 Å². The van der Waals surface area contributed by atoms with Crippen LogP contribution >= 0.6 is 11.6 Å². The van der Waals surface area contributed by atoms with Crippen molar-refractivity contribution in [3.63, 3.8) is 0 Å². The van der Waals surface area contributed by atoms with E-state index in [0.717, 1.165) is 11.6 Å². The van der Waals surface area contributed by atoms with Gasteiger partial charge in [0.1, 0.15) is 12.0 Å². The van der Waals surface area contributed by atoms with Crippen LogP contribution in [0.15, 0.2) is 54.1 Å². The number of aldehydes is 1. The molecule has 0 heterocycles. The van der Waals surface area contributed by atoms with Crippen molar-refractivity contribution in [2.75, 3.05) is 12.4 Å². The third-order valence-electron chi connectivity index (χ3n) is 4.00. The molecule has 0 aromatic heterocycles. The van der Waals surface area contributed by atoms with Crippen LogP contribution in [0.25, 0.3) is 0 Å². The zero-order valence-electron chi connectivity index (χ0n) is 14.8. The van der Waals surface area contributed by atoms with Gasteiger partial charge in [0.25, 0.3) is 0 Å². The number of carbonyl (C=O) groups excluding carboxylic acids is 1. The minimum Gasteiger partial charge on any atom is -0.497 e. The molecule has 7 heteroatoms. The number of anilines is 1. The van der Waals surface area contributed by atoms with Crippen molar-refractivity contribution < 1.29 is 22.7 Å². The average Bonchev–Trinajstić information content (AvgIpc) is 2.64. The topological polar surface area (TPSA) is 38.3 Å². The summed E-state index contributed by atoms with van der Waals surface area (Å²) < 4.78 is 45.3. The Morgan fingerprint density at radius 2 is 1.89 bits per heavy atom. The lowest BCUT2D eigenvalue weighted by Gasteiger charge is -2.23. The second-order valence-corrected chi connectivity index (χ2v) is 6.40. The standard InChI is InChI=1S/C20H19ClF3NO2/c1-13(12-26)3-9-18(14-4-6-15(21)7-5-14)25-19-10-8-16(27-2)11-17(19)20(22,23)24/h3-8,10-12,18,25H,9H2,1-2H3/b13-3+. The molecule has 2 aromatic carbocycles. The minimum atomic E-state index is -4.55. The van der Waals surface area contributed by atoms with E-state index in [1.165, 1.54) is 19.2 Å². The monoisotopic (exact) mass is 397 g/mol. The maximum absolute atomic E-state index is 13.5. The molecule has 0 radical (unpaired) electrons. The molecule has 0 spiro atoms. The first-order chi connectivity index (χ1) is 12.7. The molecule has 0 bridgehead atoms. The first-order valence-corrected chi connectivity index (χ1v) is 8.51. The van der Waals surface area contributed by atoms with Crippen molar-refractivity contribution in [1.82, 2.24) is 0 Å². The fourth-order valence-electron chi connectivity index (χ4n) is 2.52. The van der Waals surface area contributed by atoms with Crippen LogP contribution in [0.4, 0.5) is 18.9 Å². The highest BCUT2D eigenvalue weighted by atomic mass is 35.5. The molecule has 0 amide bonds. The quantitative estimate of drug-likeness (QED) is 0.456. The second kappa shape index (κ2) is 8.95. The van der Waals surface area contributed by atoms with Gasteiger partial charge in [-0.2, -0.15) is 13.2 Å². The molecule has 3 nitrogen and oxygen atoms in total.